The lowest BCUT2D eigenvalue weighted by Crippen LogP contribution is -2.00. The molecular formula is C18H15N5OS. The molecule has 1 aromatic carbocycles. The van der Waals surface area contributed by atoms with E-state index in [1.165, 1.54) is 0 Å². The number of allylic oxidation sites excluding steroid dienone is 1. The minimum Gasteiger partial charge on any atom is -0.440 e. The summed E-state index contributed by atoms with van der Waals surface area (Å²) in [5.74, 6) is 2.05. The van der Waals surface area contributed by atoms with Crippen LogP contribution in [0.15, 0.2) is 71.0 Å². The molecular weight excluding hydrogens is 334 g/mol. The topological polar surface area (TPSA) is 69.6 Å². The fourth-order valence-corrected chi connectivity index (χ4v) is 3.30. The van der Waals surface area contributed by atoms with E-state index in [4.69, 9.17) is 4.42 Å². The number of nitrogens with zero attached hydrogens (tertiary/aromatic N) is 5. The summed E-state index contributed by atoms with van der Waals surface area (Å²) in [5, 5.41) is 9.44. The SMILES string of the molecule is C=CCn1c(SCc2nc3ccccc3o2)nnc1-c1ccncc1. The first-order valence-electron chi connectivity index (χ1n) is 7.77. The van der Waals surface area contributed by atoms with Crippen LogP contribution in [-0.4, -0.2) is 24.7 Å². The summed E-state index contributed by atoms with van der Waals surface area (Å²) in [7, 11) is 0. The molecule has 6 nitrogen and oxygen atoms in total. The monoisotopic (exact) mass is 349 g/mol. The molecule has 0 amide bonds. The quantitative estimate of drug-likeness (QED) is 0.388. The van der Waals surface area contributed by atoms with E-state index in [2.05, 4.69) is 26.7 Å². The van der Waals surface area contributed by atoms with Crippen LogP contribution in [-0.2, 0) is 12.3 Å². The number of hydrogen-bond acceptors (Lipinski definition) is 6. The summed E-state index contributed by atoms with van der Waals surface area (Å²) in [6.07, 6.45) is 5.32. The zero-order valence-electron chi connectivity index (χ0n) is 13.4. The number of oxazole rings is 1. The second-order valence-electron chi connectivity index (χ2n) is 5.31. The summed E-state index contributed by atoms with van der Waals surface area (Å²) in [6.45, 7) is 4.46. The largest absolute Gasteiger partial charge is 0.440 e. The average Bonchev–Trinajstić information content (AvgIpc) is 3.24. The minimum atomic E-state index is 0.584. The van der Waals surface area contributed by atoms with Crippen LogP contribution in [0.4, 0.5) is 0 Å². The second kappa shape index (κ2) is 6.90. The van der Waals surface area contributed by atoms with Crippen molar-refractivity contribution in [2.75, 3.05) is 0 Å². The van der Waals surface area contributed by atoms with Crippen molar-refractivity contribution in [2.45, 2.75) is 17.5 Å². The Morgan fingerprint density at radius 1 is 1.12 bits per heavy atom. The molecule has 0 atom stereocenters. The highest BCUT2D eigenvalue weighted by Gasteiger charge is 2.15. The van der Waals surface area contributed by atoms with E-state index in [0.717, 1.165) is 27.6 Å². The van der Waals surface area contributed by atoms with Gasteiger partial charge in [-0.1, -0.05) is 30.0 Å². The van der Waals surface area contributed by atoms with Crippen molar-refractivity contribution < 1.29 is 4.42 Å². The Morgan fingerprint density at radius 3 is 2.76 bits per heavy atom. The molecule has 0 saturated heterocycles. The molecule has 7 heteroatoms. The molecule has 0 aliphatic heterocycles. The van der Waals surface area contributed by atoms with Crippen molar-refractivity contribution in [3.8, 4) is 11.4 Å². The highest BCUT2D eigenvalue weighted by atomic mass is 32.2. The van der Waals surface area contributed by atoms with Crippen LogP contribution in [0.25, 0.3) is 22.5 Å². The third-order valence-electron chi connectivity index (χ3n) is 3.63. The molecule has 0 aliphatic carbocycles. The highest BCUT2D eigenvalue weighted by Crippen LogP contribution is 2.27. The van der Waals surface area contributed by atoms with Gasteiger partial charge in [0.15, 0.2) is 16.6 Å². The molecule has 4 rings (SSSR count). The Bertz CT molecular complexity index is 976. The molecule has 0 N–H and O–H groups in total. The lowest BCUT2D eigenvalue weighted by Gasteiger charge is -2.06. The maximum atomic E-state index is 5.76. The summed E-state index contributed by atoms with van der Waals surface area (Å²) in [4.78, 5) is 8.54. The van der Waals surface area contributed by atoms with Crippen LogP contribution < -0.4 is 0 Å². The van der Waals surface area contributed by atoms with Gasteiger partial charge in [0.05, 0.1) is 5.75 Å². The van der Waals surface area contributed by atoms with Crippen LogP contribution in [0, 0.1) is 0 Å². The number of aromatic nitrogens is 5. The van der Waals surface area contributed by atoms with E-state index in [9.17, 15) is 0 Å². The van der Waals surface area contributed by atoms with Crippen molar-refractivity contribution in [1.82, 2.24) is 24.7 Å². The van der Waals surface area contributed by atoms with Gasteiger partial charge >= 0.3 is 0 Å². The third-order valence-corrected chi connectivity index (χ3v) is 4.58. The van der Waals surface area contributed by atoms with E-state index in [-0.39, 0.29) is 0 Å². The predicted molar refractivity (Wildman–Crippen MR) is 97.0 cm³/mol. The fraction of sp³-hybridized carbons (Fsp3) is 0.111. The third kappa shape index (κ3) is 3.18. The van der Waals surface area contributed by atoms with Gasteiger partial charge in [0.1, 0.15) is 5.52 Å². The minimum absolute atomic E-state index is 0.584. The number of rotatable bonds is 6. The molecule has 0 spiro atoms. The zero-order valence-corrected chi connectivity index (χ0v) is 14.2. The van der Waals surface area contributed by atoms with Crippen LogP contribution in [0.3, 0.4) is 0 Å². The number of para-hydroxylation sites is 2. The molecule has 0 fully saturated rings. The van der Waals surface area contributed by atoms with Gasteiger partial charge in [0.25, 0.3) is 0 Å². The fourth-order valence-electron chi connectivity index (χ4n) is 2.51. The Labute approximate surface area is 148 Å². The van der Waals surface area contributed by atoms with Gasteiger partial charge in [-0.25, -0.2) is 4.98 Å². The summed E-state index contributed by atoms with van der Waals surface area (Å²) in [6, 6.07) is 11.6. The maximum Gasteiger partial charge on any atom is 0.205 e. The van der Waals surface area contributed by atoms with Gasteiger partial charge in [0, 0.05) is 24.5 Å². The first-order valence-corrected chi connectivity index (χ1v) is 8.75. The van der Waals surface area contributed by atoms with Gasteiger partial charge in [-0.15, -0.1) is 16.8 Å². The molecule has 25 heavy (non-hydrogen) atoms. The number of hydrogen-bond donors (Lipinski definition) is 0. The Kier molecular flexibility index (Phi) is 4.30. The lowest BCUT2D eigenvalue weighted by molar-refractivity contribution is 0.555. The average molecular weight is 349 g/mol. The first kappa shape index (κ1) is 15.6. The van der Waals surface area contributed by atoms with Crippen molar-refractivity contribution in [1.29, 1.82) is 0 Å². The zero-order chi connectivity index (χ0) is 17.1. The Morgan fingerprint density at radius 2 is 1.96 bits per heavy atom. The van der Waals surface area contributed by atoms with Crippen molar-refractivity contribution in [2.24, 2.45) is 0 Å². The molecule has 124 valence electrons. The van der Waals surface area contributed by atoms with Crippen molar-refractivity contribution >= 4 is 22.9 Å². The van der Waals surface area contributed by atoms with E-state index in [1.807, 2.05) is 47.0 Å². The second-order valence-corrected chi connectivity index (χ2v) is 6.25. The molecule has 0 bridgehead atoms. The molecule has 4 aromatic rings. The lowest BCUT2D eigenvalue weighted by atomic mass is 10.2. The van der Waals surface area contributed by atoms with Crippen molar-refractivity contribution in [3.63, 3.8) is 0 Å². The summed E-state index contributed by atoms with van der Waals surface area (Å²) in [5.41, 5.74) is 2.63. The molecule has 0 aliphatic rings. The normalized spacial score (nSPS) is 11.0. The Balaban J connectivity index is 1.59. The van der Waals surface area contributed by atoms with E-state index in [1.54, 1.807) is 24.2 Å². The first-order chi connectivity index (χ1) is 12.3. The standard InChI is InChI=1S/C18H15N5OS/c1-2-11-23-17(13-7-9-19-10-8-13)21-22-18(23)25-12-16-20-14-5-3-4-6-15(14)24-16/h2-10H,1,11-12H2. The highest BCUT2D eigenvalue weighted by molar-refractivity contribution is 7.98. The smallest absolute Gasteiger partial charge is 0.205 e. The molecule has 0 unspecified atom stereocenters. The van der Waals surface area contributed by atoms with Crippen LogP contribution in [0.1, 0.15) is 5.89 Å². The summed E-state index contributed by atoms with van der Waals surface area (Å²) < 4.78 is 7.79. The van der Waals surface area contributed by atoms with Gasteiger partial charge in [0.2, 0.25) is 5.89 Å². The predicted octanol–water partition coefficient (Wildman–Crippen LogP) is 3.96. The summed E-state index contributed by atoms with van der Waals surface area (Å²) >= 11 is 1.54. The van der Waals surface area contributed by atoms with Gasteiger partial charge in [-0.05, 0) is 24.3 Å². The maximum absolute atomic E-state index is 5.76. The van der Waals surface area contributed by atoms with Gasteiger partial charge in [-0.3, -0.25) is 9.55 Å². The number of pyridine rings is 1. The number of fused-ring (bicyclic) bond motifs is 1. The van der Waals surface area contributed by atoms with Gasteiger partial charge < -0.3 is 4.42 Å². The molecule has 3 aromatic heterocycles. The molecule has 0 radical (unpaired) electrons. The van der Waals surface area contributed by atoms with Gasteiger partial charge in [-0.2, -0.15) is 0 Å². The van der Waals surface area contributed by atoms with E-state index in [0.29, 0.717) is 18.2 Å². The van der Waals surface area contributed by atoms with Crippen LogP contribution in [0.2, 0.25) is 0 Å². The Hall–Kier alpha value is -2.93. The van der Waals surface area contributed by atoms with Crippen LogP contribution in [0.5, 0.6) is 0 Å². The number of benzene rings is 1. The molecule has 3 heterocycles. The van der Waals surface area contributed by atoms with E-state index >= 15 is 0 Å². The molecule has 0 saturated carbocycles. The van der Waals surface area contributed by atoms with Crippen LogP contribution >= 0.6 is 11.8 Å². The van der Waals surface area contributed by atoms with Crippen molar-refractivity contribution in [3.05, 3.63) is 67.3 Å². The van der Waals surface area contributed by atoms with E-state index < -0.39 is 0 Å². The number of thioether (sulfide) groups is 1.